The minimum atomic E-state index is -0.390. The van der Waals surface area contributed by atoms with Crippen LogP contribution in [-0.2, 0) is 6.54 Å². The Morgan fingerprint density at radius 2 is 1.76 bits per heavy atom. The molecule has 1 aromatic heterocycles. The zero-order chi connectivity index (χ0) is 23.8. The third kappa shape index (κ3) is 3.80. The van der Waals surface area contributed by atoms with Crippen LogP contribution in [0.25, 0.3) is 0 Å². The molecule has 172 valence electrons. The van der Waals surface area contributed by atoms with Crippen LogP contribution >= 0.6 is 11.6 Å². The van der Waals surface area contributed by atoms with Gasteiger partial charge >= 0.3 is 0 Å². The van der Waals surface area contributed by atoms with Crippen molar-refractivity contribution < 1.29 is 9.53 Å². The van der Waals surface area contributed by atoms with E-state index in [1.54, 1.807) is 12.0 Å². The summed E-state index contributed by atoms with van der Waals surface area (Å²) >= 11 is 6.37. The second-order valence-electron chi connectivity index (χ2n) is 8.32. The monoisotopic (exact) mass is 472 g/mol. The first-order chi connectivity index (χ1) is 16.5. The number of amides is 1. The molecular formula is C27H25ClN4O2. The van der Waals surface area contributed by atoms with E-state index in [4.69, 9.17) is 16.3 Å². The average molecular weight is 473 g/mol. The molecule has 1 aliphatic heterocycles. The van der Waals surface area contributed by atoms with Crippen LogP contribution in [-0.4, -0.2) is 22.8 Å². The Balaban J connectivity index is 1.60. The summed E-state index contributed by atoms with van der Waals surface area (Å²) in [6.07, 6.45) is -0.390. The summed E-state index contributed by atoms with van der Waals surface area (Å²) in [7, 11) is 1.65. The average Bonchev–Trinajstić information content (AvgIpc) is 3.10. The second kappa shape index (κ2) is 8.88. The van der Waals surface area contributed by atoms with Gasteiger partial charge in [-0.25, -0.2) is 0 Å². The molecule has 3 aromatic carbocycles. The van der Waals surface area contributed by atoms with Gasteiger partial charge in [-0.15, -0.1) is 0 Å². The number of methoxy groups -OCH3 is 1. The summed E-state index contributed by atoms with van der Waals surface area (Å²) in [5, 5.41) is 8.81. The van der Waals surface area contributed by atoms with Crippen molar-refractivity contribution in [3.63, 3.8) is 0 Å². The second-order valence-corrected chi connectivity index (χ2v) is 8.69. The lowest BCUT2D eigenvalue weighted by molar-refractivity contribution is 0.0975. The third-order valence-electron chi connectivity index (χ3n) is 6.19. The van der Waals surface area contributed by atoms with E-state index in [-0.39, 0.29) is 5.91 Å². The van der Waals surface area contributed by atoms with Crippen molar-refractivity contribution in [1.29, 1.82) is 0 Å². The molecule has 0 bridgehead atoms. The quantitative estimate of drug-likeness (QED) is 0.388. The van der Waals surface area contributed by atoms with E-state index in [9.17, 15) is 4.79 Å². The van der Waals surface area contributed by atoms with E-state index in [1.165, 1.54) is 0 Å². The van der Waals surface area contributed by atoms with Crippen LogP contribution in [0.3, 0.4) is 0 Å². The number of halogens is 1. The predicted molar refractivity (Wildman–Crippen MR) is 135 cm³/mol. The minimum Gasteiger partial charge on any atom is -0.496 e. The molecule has 4 aromatic rings. The summed E-state index contributed by atoms with van der Waals surface area (Å²) < 4.78 is 7.53. The highest BCUT2D eigenvalue weighted by Crippen LogP contribution is 2.38. The lowest BCUT2D eigenvalue weighted by Crippen LogP contribution is -2.43. The smallest absolute Gasteiger partial charge is 0.262 e. The highest BCUT2D eigenvalue weighted by atomic mass is 35.5. The number of para-hydroxylation sites is 2. The SMILES string of the molecule is COc1ccc([C@H]2Nc3ccccc3C(=O)N2c2ccccc2)cc1Cn1nc(C)c(Cl)c1C. The molecular weight excluding hydrogens is 448 g/mol. The fraction of sp³-hybridized carbons (Fsp3) is 0.185. The zero-order valence-corrected chi connectivity index (χ0v) is 20.0. The fourth-order valence-electron chi connectivity index (χ4n) is 4.42. The number of rotatable bonds is 5. The van der Waals surface area contributed by atoms with Crippen LogP contribution < -0.4 is 15.0 Å². The predicted octanol–water partition coefficient (Wildman–Crippen LogP) is 5.98. The summed E-state index contributed by atoms with van der Waals surface area (Å²) in [4.78, 5) is 15.4. The summed E-state index contributed by atoms with van der Waals surface area (Å²) in [5.74, 6) is 0.703. The number of hydrogen-bond acceptors (Lipinski definition) is 4. The van der Waals surface area contributed by atoms with Gasteiger partial charge in [0.15, 0.2) is 0 Å². The lowest BCUT2D eigenvalue weighted by atomic mass is 10.0. The van der Waals surface area contributed by atoms with Crippen molar-refractivity contribution in [3.8, 4) is 5.75 Å². The maximum Gasteiger partial charge on any atom is 0.262 e. The number of benzene rings is 3. The minimum absolute atomic E-state index is 0.0479. The highest BCUT2D eigenvalue weighted by Gasteiger charge is 2.34. The van der Waals surface area contributed by atoms with Crippen molar-refractivity contribution in [2.24, 2.45) is 0 Å². The number of anilines is 2. The Bertz CT molecular complexity index is 1370. The van der Waals surface area contributed by atoms with Crippen molar-refractivity contribution in [3.05, 3.63) is 106 Å². The first-order valence-electron chi connectivity index (χ1n) is 11.1. The molecule has 6 nitrogen and oxygen atoms in total. The van der Waals surface area contributed by atoms with Gasteiger partial charge < -0.3 is 10.1 Å². The van der Waals surface area contributed by atoms with E-state index in [2.05, 4.69) is 16.5 Å². The van der Waals surface area contributed by atoms with Gasteiger partial charge in [0.05, 0.1) is 35.6 Å². The number of nitrogens with zero attached hydrogens (tertiary/aromatic N) is 3. The van der Waals surface area contributed by atoms with Crippen molar-refractivity contribution in [1.82, 2.24) is 9.78 Å². The molecule has 0 saturated heterocycles. The van der Waals surface area contributed by atoms with Gasteiger partial charge in [0, 0.05) is 16.9 Å². The van der Waals surface area contributed by atoms with E-state index in [0.717, 1.165) is 39.6 Å². The Kier molecular flexibility index (Phi) is 5.75. The number of aryl methyl sites for hydroxylation is 1. The van der Waals surface area contributed by atoms with E-state index in [1.807, 2.05) is 85.3 Å². The topological polar surface area (TPSA) is 59.4 Å². The number of aromatic nitrogens is 2. The van der Waals surface area contributed by atoms with Gasteiger partial charge in [-0.1, -0.05) is 48.0 Å². The summed E-state index contributed by atoms with van der Waals surface area (Å²) in [6.45, 7) is 4.35. The van der Waals surface area contributed by atoms with Gasteiger partial charge in [-0.05, 0) is 55.8 Å². The number of hydrogen-bond donors (Lipinski definition) is 1. The molecule has 0 saturated carbocycles. The summed E-state index contributed by atoms with van der Waals surface area (Å²) in [6, 6.07) is 23.3. The molecule has 0 fully saturated rings. The number of carbonyl (C=O) groups is 1. The molecule has 0 unspecified atom stereocenters. The zero-order valence-electron chi connectivity index (χ0n) is 19.2. The van der Waals surface area contributed by atoms with E-state index in [0.29, 0.717) is 17.1 Å². The summed E-state index contributed by atoms with van der Waals surface area (Å²) in [5.41, 5.74) is 5.86. The molecule has 1 atom stereocenters. The number of fused-ring (bicyclic) bond motifs is 1. The molecule has 7 heteroatoms. The van der Waals surface area contributed by atoms with E-state index >= 15 is 0 Å². The van der Waals surface area contributed by atoms with Crippen LogP contribution in [0.15, 0.2) is 72.8 Å². The molecule has 0 radical (unpaired) electrons. The fourth-order valence-corrected chi connectivity index (χ4v) is 4.56. The Morgan fingerprint density at radius 1 is 1.03 bits per heavy atom. The number of carbonyl (C=O) groups excluding carboxylic acids is 1. The van der Waals surface area contributed by atoms with Gasteiger partial charge in [-0.2, -0.15) is 5.10 Å². The van der Waals surface area contributed by atoms with Crippen LogP contribution in [0.2, 0.25) is 5.02 Å². The normalized spacial score (nSPS) is 15.1. The van der Waals surface area contributed by atoms with Crippen molar-refractivity contribution in [2.75, 3.05) is 17.3 Å². The molecule has 1 amide bonds. The van der Waals surface area contributed by atoms with Crippen LogP contribution in [0, 0.1) is 13.8 Å². The standard InChI is InChI=1S/C27H25ClN4O2/c1-17-25(28)18(2)31(30-17)16-20-15-19(13-14-24(20)34-3)26-29-23-12-8-7-11-22(23)27(33)32(26)21-9-5-4-6-10-21/h4-15,26,29H,16H2,1-3H3/t26-/m0/s1. The molecule has 0 spiro atoms. The Hall–Kier alpha value is -3.77. The van der Waals surface area contributed by atoms with Crippen LogP contribution in [0.4, 0.5) is 11.4 Å². The van der Waals surface area contributed by atoms with Gasteiger partial charge in [0.25, 0.3) is 5.91 Å². The van der Waals surface area contributed by atoms with Crippen LogP contribution in [0.1, 0.15) is 39.0 Å². The molecule has 1 aliphatic rings. The molecule has 34 heavy (non-hydrogen) atoms. The largest absolute Gasteiger partial charge is 0.496 e. The van der Waals surface area contributed by atoms with Crippen molar-refractivity contribution in [2.45, 2.75) is 26.6 Å². The maximum absolute atomic E-state index is 13.6. The third-order valence-corrected chi connectivity index (χ3v) is 6.74. The number of ether oxygens (including phenoxy) is 1. The first kappa shape index (κ1) is 22.0. The van der Waals surface area contributed by atoms with Gasteiger partial charge in [-0.3, -0.25) is 14.4 Å². The first-order valence-corrected chi connectivity index (χ1v) is 11.5. The number of nitrogens with one attached hydrogen (secondary N) is 1. The Labute approximate surface area is 203 Å². The Morgan fingerprint density at radius 3 is 2.47 bits per heavy atom. The molecule has 0 aliphatic carbocycles. The van der Waals surface area contributed by atoms with E-state index < -0.39 is 6.17 Å². The molecule has 5 rings (SSSR count). The van der Waals surface area contributed by atoms with Gasteiger partial charge in [0.2, 0.25) is 0 Å². The van der Waals surface area contributed by atoms with Gasteiger partial charge in [0.1, 0.15) is 11.9 Å². The molecule has 2 heterocycles. The van der Waals surface area contributed by atoms with Crippen LogP contribution in [0.5, 0.6) is 5.75 Å². The molecule has 1 N–H and O–H groups in total. The highest BCUT2D eigenvalue weighted by molar-refractivity contribution is 6.31. The van der Waals surface area contributed by atoms with Crippen molar-refractivity contribution >= 4 is 28.9 Å². The lowest BCUT2D eigenvalue weighted by Gasteiger charge is -2.38. The maximum atomic E-state index is 13.6.